The lowest BCUT2D eigenvalue weighted by atomic mass is 10.1. The van der Waals surface area contributed by atoms with Gasteiger partial charge in [-0.05, 0) is 30.2 Å². The van der Waals surface area contributed by atoms with E-state index in [2.05, 4.69) is 10.4 Å². The van der Waals surface area contributed by atoms with Crippen LogP contribution >= 0.6 is 0 Å². The number of carbonyl (C=O) groups is 1. The Kier molecular flexibility index (Phi) is 5.46. The zero-order valence-electron chi connectivity index (χ0n) is 14.7. The number of nitro benzene ring substituents is 1. The van der Waals surface area contributed by atoms with Crippen LogP contribution in [0.1, 0.15) is 15.9 Å². The molecule has 138 valence electrons. The zero-order chi connectivity index (χ0) is 19.2. The molecule has 3 rings (SSSR count). The third kappa shape index (κ3) is 4.30. The van der Waals surface area contributed by atoms with Crippen LogP contribution in [-0.4, -0.2) is 34.3 Å². The van der Waals surface area contributed by atoms with E-state index in [-0.39, 0.29) is 17.0 Å². The van der Waals surface area contributed by atoms with Gasteiger partial charge in [0.15, 0.2) is 0 Å². The van der Waals surface area contributed by atoms with Gasteiger partial charge in [0.05, 0.1) is 29.5 Å². The first-order valence-electron chi connectivity index (χ1n) is 8.28. The molecular weight excluding hydrogens is 348 g/mol. The van der Waals surface area contributed by atoms with Crippen molar-refractivity contribution in [1.82, 2.24) is 15.1 Å². The predicted molar refractivity (Wildman–Crippen MR) is 99.2 cm³/mol. The average molecular weight is 366 g/mol. The molecule has 0 unspecified atom stereocenters. The van der Waals surface area contributed by atoms with Crippen molar-refractivity contribution in [2.24, 2.45) is 0 Å². The molecule has 2 aromatic carbocycles. The summed E-state index contributed by atoms with van der Waals surface area (Å²) in [4.78, 5) is 22.8. The third-order valence-corrected chi connectivity index (χ3v) is 3.99. The number of aromatic nitrogens is 2. The van der Waals surface area contributed by atoms with Gasteiger partial charge in [0.2, 0.25) is 0 Å². The molecule has 0 saturated carbocycles. The fourth-order valence-electron chi connectivity index (χ4n) is 2.61. The molecule has 3 aromatic rings. The smallest absolute Gasteiger partial charge is 0.270 e. The highest BCUT2D eigenvalue weighted by molar-refractivity contribution is 5.97. The number of hydrogen-bond donors (Lipinski definition) is 1. The first-order chi connectivity index (χ1) is 13.1. The number of methoxy groups -OCH3 is 1. The largest absolute Gasteiger partial charge is 0.496 e. The van der Waals surface area contributed by atoms with Gasteiger partial charge in [-0.15, -0.1) is 0 Å². The fraction of sp³-hybridized carbons (Fsp3) is 0.158. The molecule has 1 aromatic heterocycles. The molecule has 8 heteroatoms. The lowest BCUT2D eigenvalue weighted by Crippen LogP contribution is -2.26. The average Bonchev–Trinajstić information content (AvgIpc) is 3.17. The van der Waals surface area contributed by atoms with Crippen LogP contribution in [0.25, 0.3) is 5.69 Å². The number of benzene rings is 2. The number of para-hydroxylation sites is 1. The number of rotatable bonds is 7. The summed E-state index contributed by atoms with van der Waals surface area (Å²) >= 11 is 0. The van der Waals surface area contributed by atoms with E-state index < -0.39 is 10.8 Å². The lowest BCUT2D eigenvalue weighted by molar-refractivity contribution is -0.384. The highest BCUT2D eigenvalue weighted by Gasteiger charge is 2.17. The monoisotopic (exact) mass is 366 g/mol. The number of nitrogens with one attached hydrogen (secondary N) is 1. The van der Waals surface area contributed by atoms with E-state index in [0.29, 0.717) is 13.0 Å². The first-order valence-corrected chi connectivity index (χ1v) is 8.28. The van der Waals surface area contributed by atoms with E-state index >= 15 is 0 Å². The second-order valence-corrected chi connectivity index (χ2v) is 5.78. The molecule has 0 radical (unpaired) electrons. The second kappa shape index (κ2) is 8.13. The number of nitro groups is 1. The van der Waals surface area contributed by atoms with Gasteiger partial charge in [-0.2, -0.15) is 5.10 Å². The maximum absolute atomic E-state index is 12.4. The molecule has 27 heavy (non-hydrogen) atoms. The van der Waals surface area contributed by atoms with Crippen LogP contribution < -0.4 is 10.1 Å². The van der Waals surface area contributed by atoms with Crippen LogP contribution in [0, 0.1) is 10.1 Å². The van der Waals surface area contributed by atoms with Gasteiger partial charge in [0, 0.05) is 24.9 Å². The molecule has 0 aliphatic rings. The van der Waals surface area contributed by atoms with Crippen molar-refractivity contribution in [1.29, 1.82) is 0 Å². The summed E-state index contributed by atoms with van der Waals surface area (Å²) < 4.78 is 6.89. The first kappa shape index (κ1) is 18.1. The Bertz CT molecular complexity index is 953. The molecule has 0 atom stereocenters. The van der Waals surface area contributed by atoms with E-state index in [1.54, 1.807) is 10.9 Å². The molecule has 1 heterocycles. The Morgan fingerprint density at radius 3 is 2.74 bits per heavy atom. The van der Waals surface area contributed by atoms with Crippen molar-refractivity contribution in [3.05, 3.63) is 82.2 Å². The summed E-state index contributed by atoms with van der Waals surface area (Å²) in [5.41, 5.74) is 1.89. The Labute approximate surface area is 155 Å². The van der Waals surface area contributed by atoms with Crippen LogP contribution in [0.2, 0.25) is 0 Å². The summed E-state index contributed by atoms with van der Waals surface area (Å²) in [6, 6.07) is 13.6. The van der Waals surface area contributed by atoms with Crippen LogP contribution in [0.4, 0.5) is 5.69 Å². The van der Waals surface area contributed by atoms with Crippen LogP contribution in [0.3, 0.4) is 0 Å². The van der Waals surface area contributed by atoms with E-state index in [9.17, 15) is 14.9 Å². The van der Waals surface area contributed by atoms with E-state index in [4.69, 9.17) is 4.74 Å². The standard InChI is InChI=1S/C19H18N4O4/c1-27-18-8-7-16(23(25)26)11-17(18)19(24)20-10-9-14-12-21-22(13-14)15-5-3-2-4-6-15/h2-8,11-13H,9-10H2,1H3,(H,20,24). The summed E-state index contributed by atoms with van der Waals surface area (Å²) in [7, 11) is 1.41. The number of carbonyl (C=O) groups excluding carboxylic acids is 1. The Hall–Kier alpha value is -3.68. The number of ether oxygens (including phenoxy) is 1. The maximum Gasteiger partial charge on any atom is 0.270 e. The molecule has 1 amide bonds. The summed E-state index contributed by atoms with van der Waals surface area (Å²) in [6.45, 7) is 0.366. The molecule has 0 aliphatic heterocycles. The van der Waals surface area contributed by atoms with Crippen molar-refractivity contribution in [3.63, 3.8) is 0 Å². The van der Waals surface area contributed by atoms with Crippen molar-refractivity contribution in [2.75, 3.05) is 13.7 Å². The minimum atomic E-state index is -0.547. The fourth-order valence-corrected chi connectivity index (χ4v) is 2.61. The minimum absolute atomic E-state index is 0.131. The van der Waals surface area contributed by atoms with Gasteiger partial charge in [0.1, 0.15) is 5.75 Å². The topological polar surface area (TPSA) is 99.3 Å². The quantitative estimate of drug-likeness (QED) is 0.512. The highest BCUT2D eigenvalue weighted by atomic mass is 16.6. The number of hydrogen-bond acceptors (Lipinski definition) is 5. The van der Waals surface area contributed by atoms with E-state index in [1.807, 2.05) is 36.5 Å². The molecule has 0 bridgehead atoms. The molecule has 1 N–H and O–H groups in total. The van der Waals surface area contributed by atoms with Gasteiger partial charge in [0.25, 0.3) is 11.6 Å². The van der Waals surface area contributed by atoms with E-state index in [0.717, 1.165) is 11.3 Å². The second-order valence-electron chi connectivity index (χ2n) is 5.78. The van der Waals surface area contributed by atoms with Crippen molar-refractivity contribution in [3.8, 4) is 11.4 Å². The Balaban J connectivity index is 1.63. The van der Waals surface area contributed by atoms with Gasteiger partial charge < -0.3 is 10.1 Å². The summed E-state index contributed by atoms with van der Waals surface area (Å²) in [6.07, 6.45) is 4.22. The Morgan fingerprint density at radius 1 is 1.26 bits per heavy atom. The maximum atomic E-state index is 12.4. The summed E-state index contributed by atoms with van der Waals surface area (Å²) in [5.74, 6) is -0.138. The van der Waals surface area contributed by atoms with Crippen molar-refractivity contribution in [2.45, 2.75) is 6.42 Å². The number of non-ortho nitro benzene ring substituents is 1. The highest BCUT2D eigenvalue weighted by Crippen LogP contribution is 2.23. The third-order valence-electron chi connectivity index (χ3n) is 3.99. The van der Waals surface area contributed by atoms with Crippen LogP contribution in [-0.2, 0) is 6.42 Å². The Morgan fingerprint density at radius 2 is 2.04 bits per heavy atom. The van der Waals surface area contributed by atoms with Gasteiger partial charge in [-0.3, -0.25) is 14.9 Å². The lowest BCUT2D eigenvalue weighted by Gasteiger charge is -2.09. The van der Waals surface area contributed by atoms with Gasteiger partial charge in [-0.25, -0.2) is 4.68 Å². The van der Waals surface area contributed by atoms with Crippen molar-refractivity contribution < 1.29 is 14.5 Å². The number of nitrogens with zero attached hydrogens (tertiary/aromatic N) is 3. The molecule has 0 saturated heterocycles. The van der Waals surface area contributed by atoms with Crippen molar-refractivity contribution >= 4 is 11.6 Å². The minimum Gasteiger partial charge on any atom is -0.496 e. The molecule has 0 spiro atoms. The summed E-state index contributed by atoms with van der Waals surface area (Å²) in [5, 5.41) is 18.0. The van der Waals surface area contributed by atoms with E-state index in [1.165, 1.54) is 25.3 Å². The van der Waals surface area contributed by atoms with Gasteiger partial charge in [-0.1, -0.05) is 18.2 Å². The molecule has 0 aliphatic carbocycles. The number of amides is 1. The SMILES string of the molecule is COc1ccc([N+](=O)[O-])cc1C(=O)NCCc1cnn(-c2ccccc2)c1. The predicted octanol–water partition coefficient (Wildman–Crippen LogP) is 2.76. The van der Waals surface area contributed by atoms with Crippen LogP contribution in [0.5, 0.6) is 5.75 Å². The molecular formula is C19H18N4O4. The molecule has 8 nitrogen and oxygen atoms in total. The van der Waals surface area contributed by atoms with Gasteiger partial charge >= 0.3 is 0 Å². The zero-order valence-corrected chi connectivity index (χ0v) is 14.7. The van der Waals surface area contributed by atoms with Crippen LogP contribution in [0.15, 0.2) is 60.9 Å². The normalized spacial score (nSPS) is 10.4. The molecule has 0 fully saturated rings.